The van der Waals surface area contributed by atoms with Gasteiger partial charge in [0.25, 0.3) is 0 Å². The zero-order valence-corrected chi connectivity index (χ0v) is 21.9. The fourth-order valence-corrected chi connectivity index (χ4v) is 11.9. The third-order valence-corrected chi connectivity index (χ3v) is 13.7. The molecule has 11 atom stereocenters. The lowest BCUT2D eigenvalue weighted by Crippen LogP contribution is -2.70. The van der Waals surface area contributed by atoms with E-state index in [-0.39, 0.29) is 40.9 Å². The summed E-state index contributed by atoms with van der Waals surface area (Å²) in [6, 6.07) is 0. The second-order valence-corrected chi connectivity index (χ2v) is 14.6. The summed E-state index contributed by atoms with van der Waals surface area (Å²) in [7, 11) is 0. The van der Waals surface area contributed by atoms with Crippen LogP contribution in [0.2, 0.25) is 0 Å². The predicted molar refractivity (Wildman–Crippen MR) is 128 cm³/mol. The summed E-state index contributed by atoms with van der Waals surface area (Å²) >= 11 is 0. The van der Waals surface area contributed by atoms with Gasteiger partial charge in [0.1, 0.15) is 11.5 Å². The van der Waals surface area contributed by atoms with Crippen LogP contribution in [0.3, 0.4) is 0 Å². The van der Waals surface area contributed by atoms with Crippen LogP contribution in [-0.4, -0.2) is 24.1 Å². The summed E-state index contributed by atoms with van der Waals surface area (Å²) in [4.78, 5) is 26.7. The maximum atomic E-state index is 13.7. The number of hydrogen-bond donors (Lipinski definition) is 0. The van der Waals surface area contributed by atoms with E-state index in [1.54, 1.807) is 0 Å². The van der Waals surface area contributed by atoms with Gasteiger partial charge in [-0.05, 0) is 97.7 Å². The van der Waals surface area contributed by atoms with Crippen LogP contribution < -0.4 is 0 Å². The highest BCUT2D eigenvalue weighted by Crippen LogP contribution is 2.77. The van der Waals surface area contributed by atoms with Gasteiger partial charge in [-0.2, -0.15) is 0 Å². The van der Waals surface area contributed by atoms with Crippen LogP contribution in [-0.2, 0) is 19.1 Å². The van der Waals surface area contributed by atoms with E-state index in [2.05, 4.69) is 40.7 Å². The molecule has 3 saturated heterocycles. The van der Waals surface area contributed by atoms with Gasteiger partial charge in [-0.25, -0.2) is 0 Å². The third-order valence-electron chi connectivity index (χ3n) is 13.7. The molecule has 3 heterocycles. The molecule has 5 aliphatic carbocycles. The lowest BCUT2D eigenvalue weighted by molar-refractivity contribution is -0.227. The van der Waals surface area contributed by atoms with Crippen molar-refractivity contribution in [2.45, 2.75) is 105 Å². The fourth-order valence-electron chi connectivity index (χ4n) is 11.9. The number of esters is 2. The molecule has 4 nitrogen and oxygen atoms in total. The Balaban J connectivity index is 1.35. The molecule has 7 fully saturated rings. The Hall–Kier alpha value is -1.32. The van der Waals surface area contributed by atoms with E-state index >= 15 is 0 Å². The zero-order chi connectivity index (χ0) is 24.1. The van der Waals surface area contributed by atoms with Gasteiger partial charge in [0.2, 0.25) is 0 Å². The number of hydrogen-bond acceptors (Lipinski definition) is 4. The van der Waals surface area contributed by atoms with Crippen LogP contribution >= 0.6 is 0 Å². The van der Waals surface area contributed by atoms with Crippen LogP contribution in [0.5, 0.6) is 0 Å². The SMILES string of the molecule is CC(C)[C@H]1CC[C@@H]2[C@]1(C)CC[C@]1(C)[C@H]3CC[C@@H]4[C@]5(C[C@H]6OC(=O)[C@]4(C)[C@H]6OC5=O)C3=CC[C@@]21C. The number of carbonyl (C=O) groups excluding carboxylic acids is 2. The van der Waals surface area contributed by atoms with Crippen molar-refractivity contribution in [2.75, 3.05) is 0 Å². The highest BCUT2D eigenvalue weighted by atomic mass is 16.6. The summed E-state index contributed by atoms with van der Waals surface area (Å²) in [5.74, 6) is 2.55. The van der Waals surface area contributed by atoms with E-state index in [1.807, 2.05) is 6.92 Å². The molecule has 0 aromatic heterocycles. The minimum atomic E-state index is -0.675. The minimum absolute atomic E-state index is 0.0265. The van der Waals surface area contributed by atoms with Crippen LogP contribution in [0.25, 0.3) is 0 Å². The van der Waals surface area contributed by atoms with Gasteiger partial charge < -0.3 is 9.47 Å². The molecule has 4 bridgehead atoms. The van der Waals surface area contributed by atoms with Crippen LogP contribution in [0.4, 0.5) is 0 Å². The Morgan fingerprint density at radius 1 is 0.882 bits per heavy atom. The summed E-state index contributed by atoms with van der Waals surface area (Å²) in [6.45, 7) is 14.7. The zero-order valence-electron chi connectivity index (χ0n) is 21.9. The molecule has 0 N–H and O–H groups in total. The largest absolute Gasteiger partial charge is 0.458 e. The highest BCUT2D eigenvalue weighted by Gasteiger charge is 2.79. The quantitative estimate of drug-likeness (QED) is 0.347. The molecule has 0 unspecified atom stereocenters. The lowest BCUT2D eigenvalue weighted by atomic mass is 9.35. The Morgan fingerprint density at radius 2 is 1.62 bits per heavy atom. The number of carbonyl (C=O) groups is 2. The van der Waals surface area contributed by atoms with Crippen molar-refractivity contribution >= 4 is 11.9 Å². The third kappa shape index (κ3) is 2.02. The summed E-state index contributed by atoms with van der Waals surface area (Å²) in [5, 5.41) is 0. The Morgan fingerprint density at radius 3 is 2.35 bits per heavy atom. The monoisotopic (exact) mass is 466 g/mol. The smallest absolute Gasteiger partial charge is 0.317 e. The molecule has 0 aromatic carbocycles. The lowest BCUT2D eigenvalue weighted by Gasteiger charge is -2.69. The molecule has 1 spiro atoms. The van der Waals surface area contributed by atoms with Crippen LogP contribution in [0.1, 0.15) is 92.9 Å². The maximum absolute atomic E-state index is 13.7. The van der Waals surface area contributed by atoms with Crippen molar-refractivity contribution in [3.8, 4) is 0 Å². The van der Waals surface area contributed by atoms with Crippen molar-refractivity contribution in [3.63, 3.8) is 0 Å². The highest BCUT2D eigenvalue weighted by molar-refractivity contribution is 5.91. The molecule has 4 saturated carbocycles. The molecule has 0 aromatic rings. The first kappa shape index (κ1) is 21.9. The number of fused-ring (bicyclic) bond motifs is 6. The Bertz CT molecular complexity index is 1030. The van der Waals surface area contributed by atoms with Gasteiger partial charge >= 0.3 is 11.9 Å². The van der Waals surface area contributed by atoms with E-state index in [1.165, 1.54) is 31.3 Å². The van der Waals surface area contributed by atoms with Gasteiger partial charge in [0.05, 0.1) is 5.41 Å². The van der Waals surface area contributed by atoms with E-state index in [0.29, 0.717) is 17.8 Å². The van der Waals surface area contributed by atoms with Crippen molar-refractivity contribution < 1.29 is 19.1 Å². The molecule has 8 rings (SSSR count). The molecular formula is C30H42O4. The van der Waals surface area contributed by atoms with E-state index < -0.39 is 10.8 Å². The van der Waals surface area contributed by atoms with E-state index in [4.69, 9.17) is 9.47 Å². The molecule has 186 valence electrons. The van der Waals surface area contributed by atoms with E-state index in [0.717, 1.165) is 37.0 Å². The minimum Gasteiger partial charge on any atom is -0.458 e. The molecule has 8 aliphatic rings. The van der Waals surface area contributed by atoms with Crippen molar-refractivity contribution in [3.05, 3.63) is 11.6 Å². The first-order chi connectivity index (χ1) is 15.9. The first-order valence-corrected chi connectivity index (χ1v) is 14.1. The average molecular weight is 467 g/mol. The molecule has 4 heteroatoms. The first-order valence-electron chi connectivity index (χ1n) is 14.1. The summed E-state index contributed by atoms with van der Waals surface area (Å²) < 4.78 is 11.9. The molecule has 3 aliphatic heterocycles. The molecule has 0 radical (unpaired) electrons. The average Bonchev–Trinajstić information content (AvgIpc) is 3.23. The fraction of sp³-hybridized carbons (Fsp3) is 0.867. The second-order valence-electron chi connectivity index (χ2n) is 14.6. The molecule has 34 heavy (non-hydrogen) atoms. The molecule has 0 amide bonds. The number of rotatable bonds is 1. The van der Waals surface area contributed by atoms with Crippen molar-refractivity contribution in [1.29, 1.82) is 0 Å². The van der Waals surface area contributed by atoms with E-state index in [9.17, 15) is 9.59 Å². The Labute approximate surface area is 204 Å². The van der Waals surface area contributed by atoms with Crippen LogP contribution in [0, 0.1) is 56.7 Å². The Kier molecular flexibility index (Phi) is 3.96. The maximum Gasteiger partial charge on any atom is 0.317 e. The predicted octanol–water partition coefficient (Wildman–Crippen LogP) is 6.08. The van der Waals surface area contributed by atoms with Gasteiger partial charge in [0.15, 0.2) is 6.10 Å². The summed E-state index contributed by atoms with van der Waals surface area (Å²) in [6.07, 6.45) is 10.8. The van der Waals surface area contributed by atoms with Crippen molar-refractivity contribution in [1.82, 2.24) is 0 Å². The van der Waals surface area contributed by atoms with Crippen molar-refractivity contribution in [2.24, 2.45) is 56.7 Å². The van der Waals surface area contributed by atoms with Gasteiger partial charge in [-0.1, -0.05) is 46.3 Å². The topological polar surface area (TPSA) is 52.6 Å². The van der Waals surface area contributed by atoms with Gasteiger partial charge in [-0.3, -0.25) is 9.59 Å². The van der Waals surface area contributed by atoms with Gasteiger partial charge in [-0.15, -0.1) is 0 Å². The molecular weight excluding hydrogens is 424 g/mol. The standard InChI is InChI=1S/C30H42O4/c1-16(2)17-7-9-21-26(17,3)13-14-27(4)18-8-10-22-29(6)23-20(33-24(29)31)15-30(22,25(32)34-23)19(18)11-12-28(21,27)5/h11,16-18,20-23H,7-10,12-15H2,1-6H3/t17-,18+,20-,21-,22+,23+,26-,27-,28+,29+,30+/m1/s1. The number of ether oxygens (including phenoxy) is 2. The van der Waals surface area contributed by atoms with Crippen LogP contribution in [0.15, 0.2) is 11.6 Å². The normalized spacial score (nSPS) is 59.0. The van der Waals surface area contributed by atoms with Gasteiger partial charge in [0, 0.05) is 6.42 Å². The second kappa shape index (κ2) is 6.14. The summed E-state index contributed by atoms with van der Waals surface area (Å²) in [5.41, 5.74) is 0.884. The number of allylic oxidation sites excluding steroid dienone is 1.